The quantitative estimate of drug-likeness (QED) is 0.517. The SMILES string of the molecule is Cc1ccc(NC(=O)C2CCN(S(=O)(=O)c3cc([N+](=O)[O-])ccc3Cl)CC2)cc1Cl. The number of anilines is 1. The summed E-state index contributed by atoms with van der Waals surface area (Å²) in [5.74, 6) is -0.572. The normalized spacial score (nSPS) is 15.7. The summed E-state index contributed by atoms with van der Waals surface area (Å²) in [5, 5.41) is 14.2. The van der Waals surface area contributed by atoms with E-state index in [9.17, 15) is 23.3 Å². The molecule has 0 aliphatic carbocycles. The van der Waals surface area contributed by atoms with Crippen LogP contribution >= 0.6 is 23.2 Å². The predicted octanol–water partition coefficient (Wildman–Crippen LogP) is 4.25. The molecule has 1 heterocycles. The molecule has 1 aliphatic rings. The first-order valence-electron chi connectivity index (χ1n) is 9.10. The van der Waals surface area contributed by atoms with Crippen molar-refractivity contribution in [1.82, 2.24) is 4.31 Å². The number of nitrogens with zero attached hydrogens (tertiary/aromatic N) is 2. The molecule has 0 bridgehead atoms. The van der Waals surface area contributed by atoms with E-state index in [0.29, 0.717) is 23.6 Å². The van der Waals surface area contributed by atoms with Gasteiger partial charge in [-0.05, 0) is 43.5 Å². The molecule has 3 rings (SSSR count). The highest BCUT2D eigenvalue weighted by Crippen LogP contribution is 2.31. The van der Waals surface area contributed by atoms with Crippen molar-refractivity contribution in [2.75, 3.05) is 18.4 Å². The Bertz CT molecular complexity index is 1100. The molecule has 0 radical (unpaired) electrons. The second kappa shape index (κ2) is 8.89. The standard InChI is InChI=1S/C19H19Cl2N3O5S/c1-12-2-3-14(10-17(12)21)22-19(25)13-6-8-23(9-7-13)30(28,29)18-11-15(24(26)27)4-5-16(18)20/h2-5,10-11,13H,6-9H2,1H3,(H,22,25). The van der Waals surface area contributed by atoms with Crippen molar-refractivity contribution in [2.45, 2.75) is 24.7 Å². The zero-order chi connectivity index (χ0) is 22.1. The summed E-state index contributed by atoms with van der Waals surface area (Å²) >= 11 is 12.1. The molecular weight excluding hydrogens is 453 g/mol. The summed E-state index contributed by atoms with van der Waals surface area (Å²) in [4.78, 5) is 22.5. The molecule has 1 N–H and O–H groups in total. The largest absolute Gasteiger partial charge is 0.326 e. The van der Waals surface area contributed by atoms with Crippen molar-refractivity contribution in [2.24, 2.45) is 5.92 Å². The Morgan fingerprint density at radius 3 is 2.40 bits per heavy atom. The van der Waals surface area contributed by atoms with Gasteiger partial charge < -0.3 is 5.32 Å². The number of non-ortho nitro benzene ring substituents is 1. The summed E-state index contributed by atoms with van der Waals surface area (Å²) in [6, 6.07) is 8.52. The van der Waals surface area contributed by atoms with Crippen molar-refractivity contribution in [3.63, 3.8) is 0 Å². The Labute approximate surface area is 184 Å². The topological polar surface area (TPSA) is 110 Å². The van der Waals surface area contributed by atoms with Gasteiger partial charge in [0.2, 0.25) is 15.9 Å². The molecule has 0 atom stereocenters. The van der Waals surface area contributed by atoms with Crippen LogP contribution in [0.4, 0.5) is 11.4 Å². The number of hydrogen-bond donors (Lipinski definition) is 1. The molecule has 1 fully saturated rings. The van der Waals surface area contributed by atoms with Gasteiger partial charge in [0.05, 0.1) is 9.95 Å². The van der Waals surface area contributed by atoms with Gasteiger partial charge in [-0.2, -0.15) is 4.31 Å². The summed E-state index contributed by atoms with van der Waals surface area (Å²) in [6.45, 7) is 2.07. The molecule has 0 unspecified atom stereocenters. The van der Waals surface area contributed by atoms with Crippen LogP contribution in [-0.4, -0.2) is 36.6 Å². The van der Waals surface area contributed by atoms with Crippen molar-refractivity contribution in [1.29, 1.82) is 0 Å². The molecule has 11 heteroatoms. The van der Waals surface area contributed by atoms with Crippen LogP contribution in [0.15, 0.2) is 41.3 Å². The van der Waals surface area contributed by atoms with E-state index >= 15 is 0 Å². The maximum absolute atomic E-state index is 12.9. The fourth-order valence-electron chi connectivity index (χ4n) is 3.22. The number of aryl methyl sites for hydroxylation is 1. The van der Waals surface area contributed by atoms with Gasteiger partial charge in [-0.15, -0.1) is 0 Å². The summed E-state index contributed by atoms with van der Waals surface area (Å²) in [6.07, 6.45) is 0.633. The third-order valence-electron chi connectivity index (χ3n) is 5.01. The van der Waals surface area contributed by atoms with Crippen LogP contribution in [0, 0.1) is 23.0 Å². The van der Waals surface area contributed by atoms with Crippen LogP contribution in [0.5, 0.6) is 0 Å². The molecule has 30 heavy (non-hydrogen) atoms. The van der Waals surface area contributed by atoms with Crippen LogP contribution in [0.1, 0.15) is 18.4 Å². The Kier molecular flexibility index (Phi) is 6.66. The van der Waals surface area contributed by atoms with Crippen LogP contribution in [0.2, 0.25) is 10.0 Å². The minimum absolute atomic E-state index is 0.0864. The number of carbonyl (C=O) groups is 1. The highest BCUT2D eigenvalue weighted by Gasteiger charge is 2.34. The maximum atomic E-state index is 12.9. The van der Waals surface area contributed by atoms with Gasteiger partial charge >= 0.3 is 0 Å². The van der Waals surface area contributed by atoms with Gasteiger partial charge in [0.15, 0.2) is 0 Å². The molecule has 1 saturated heterocycles. The van der Waals surface area contributed by atoms with Gasteiger partial charge in [0.25, 0.3) is 5.69 Å². The lowest BCUT2D eigenvalue weighted by Gasteiger charge is -2.30. The van der Waals surface area contributed by atoms with E-state index in [2.05, 4.69) is 5.32 Å². The zero-order valence-electron chi connectivity index (χ0n) is 16.0. The Morgan fingerprint density at radius 2 is 1.80 bits per heavy atom. The van der Waals surface area contributed by atoms with Crippen LogP contribution in [0.3, 0.4) is 0 Å². The average molecular weight is 472 g/mol. The first-order valence-corrected chi connectivity index (χ1v) is 11.3. The molecule has 160 valence electrons. The molecule has 0 aromatic heterocycles. The maximum Gasteiger partial charge on any atom is 0.270 e. The molecule has 1 aliphatic heterocycles. The number of halogens is 2. The van der Waals surface area contributed by atoms with Crippen molar-refractivity contribution < 1.29 is 18.1 Å². The molecule has 2 aromatic rings. The van der Waals surface area contributed by atoms with Gasteiger partial charge in [-0.1, -0.05) is 29.3 Å². The number of nitro groups is 1. The zero-order valence-corrected chi connectivity index (χ0v) is 18.3. The first-order chi connectivity index (χ1) is 14.1. The third-order valence-corrected chi connectivity index (χ3v) is 7.79. The number of sulfonamides is 1. The number of nitro benzene ring substituents is 1. The number of amides is 1. The third kappa shape index (κ3) is 4.75. The molecule has 8 nitrogen and oxygen atoms in total. The monoisotopic (exact) mass is 471 g/mol. The van der Waals surface area contributed by atoms with Gasteiger partial charge in [0, 0.05) is 41.9 Å². The second-order valence-electron chi connectivity index (χ2n) is 7.00. The number of hydrogen-bond acceptors (Lipinski definition) is 5. The minimum Gasteiger partial charge on any atom is -0.326 e. The van der Waals surface area contributed by atoms with Crippen molar-refractivity contribution in [3.05, 3.63) is 62.1 Å². The highest BCUT2D eigenvalue weighted by molar-refractivity contribution is 7.89. The van der Waals surface area contributed by atoms with Crippen LogP contribution < -0.4 is 5.32 Å². The number of rotatable bonds is 5. The van der Waals surface area contributed by atoms with Gasteiger partial charge in [0.1, 0.15) is 4.90 Å². The van der Waals surface area contributed by atoms with E-state index in [1.165, 1.54) is 10.4 Å². The predicted molar refractivity (Wildman–Crippen MR) is 114 cm³/mol. The lowest BCUT2D eigenvalue weighted by Crippen LogP contribution is -2.41. The molecule has 0 spiro atoms. The van der Waals surface area contributed by atoms with Crippen LogP contribution in [0.25, 0.3) is 0 Å². The number of benzene rings is 2. The lowest BCUT2D eigenvalue weighted by atomic mass is 9.97. The van der Waals surface area contributed by atoms with E-state index in [0.717, 1.165) is 17.7 Å². The summed E-state index contributed by atoms with van der Waals surface area (Å²) in [5.41, 5.74) is 1.12. The van der Waals surface area contributed by atoms with E-state index in [4.69, 9.17) is 23.2 Å². The Balaban J connectivity index is 1.68. The van der Waals surface area contributed by atoms with E-state index in [1.807, 2.05) is 6.92 Å². The van der Waals surface area contributed by atoms with E-state index in [1.54, 1.807) is 18.2 Å². The van der Waals surface area contributed by atoms with Gasteiger partial charge in [-0.3, -0.25) is 14.9 Å². The molecule has 2 aromatic carbocycles. The Morgan fingerprint density at radius 1 is 1.13 bits per heavy atom. The van der Waals surface area contributed by atoms with E-state index < -0.39 is 14.9 Å². The fourth-order valence-corrected chi connectivity index (χ4v) is 5.36. The first kappa shape index (κ1) is 22.5. The van der Waals surface area contributed by atoms with Crippen molar-refractivity contribution >= 4 is 50.5 Å². The number of carbonyl (C=O) groups excluding carboxylic acids is 1. The molecular formula is C19H19Cl2N3O5S. The lowest BCUT2D eigenvalue weighted by molar-refractivity contribution is -0.385. The van der Waals surface area contributed by atoms with Crippen molar-refractivity contribution in [3.8, 4) is 0 Å². The highest BCUT2D eigenvalue weighted by atomic mass is 35.5. The van der Waals surface area contributed by atoms with Crippen LogP contribution in [-0.2, 0) is 14.8 Å². The summed E-state index contributed by atoms with van der Waals surface area (Å²) < 4.78 is 27.0. The number of nitrogens with one attached hydrogen (secondary N) is 1. The Hall–Kier alpha value is -2.20. The fraction of sp³-hybridized carbons (Fsp3) is 0.316. The minimum atomic E-state index is -4.02. The summed E-state index contributed by atoms with van der Waals surface area (Å²) in [7, 11) is -4.02. The molecule has 1 amide bonds. The second-order valence-corrected chi connectivity index (χ2v) is 9.72. The van der Waals surface area contributed by atoms with E-state index in [-0.39, 0.29) is 40.5 Å². The molecule has 0 saturated carbocycles. The van der Waals surface area contributed by atoms with Gasteiger partial charge in [-0.25, -0.2) is 8.42 Å². The number of piperidine rings is 1. The average Bonchev–Trinajstić information content (AvgIpc) is 2.70. The smallest absolute Gasteiger partial charge is 0.270 e.